The third-order valence-corrected chi connectivity index (χ3v) is 3.39. The lowest BCUT2D eigenvalue weighted by Gasteiger charge is -2.25. The molecule has 3 rings (SSSR count). The minimum Gasteiger partial charge on any atom is -0.490 e. The molecule has 108 valence electrons. The van der Waals surface area contributed by atoms with Gasteiger partial charge in [0.25, 0.3) is 0 Å². The molecule has 1 aromatic carbocycles. The lowest BCUT2D eigenvalue weighted by Crippen LogP contribution is -2.37. The number of pyridine rings is 1. The zero-order chi connectivity index (χ0) is 14.7. The monoisotopic (exact) mass is 283 g/mol. The van der Waals surface area contributed by atoms with Crippen LogP contribution in [0.25, 0.3) is 10.9 Å². The fourth-order valence-electron chi connectivity index (χ4n) is 2.16. The van der Waals surface area contributed by atoms with Gasteiger partial charge >= 0.3 is 0 Å². The molecule has 4 heteroatoms. The molecule has 1 aromatic heterocycles. The fraction of sp³-hybridized carbons (Fsp3) is 0.353. The summed E-state index contributed by atoms with van der Waals surface area (Å²) >= 11 is 0. The van der Waals surface area contributed by atoms with Gasteiger partial charge in [-0.15, -0.1) is 6.42 Å². The van der Waals surface area contributed by atoms with Gasteiger partial charge in [0, 0.05) is 11.1 Å². The molecular weight excluding hydrogens is 266 g/mol. The smallest absolute Gasteiger partial charge is 0.135 e. The second-order valence-electron chi connectivity index (χ2n) is 5.02. The maximum absolute atomic E-state index is 5.75. The van der Waals surface area contributed by atoms with E-state index in [1.165, 1.54) is 0 Å². The molecule has 0 aliphatic carbocycles. The number of hydrogen-bond acceptors (Lipinski definition) is 4. The molecular formula is C17H17NO3. The van der Waals surface area contributed by atoms with Crippen LogP contribution >= 0.6 is 0 Å². The second kappa shape index (κ2) is 6.13. The molecule has 2 aromatic rings. The van der Waals surface area contributed by atoms with Crippen molar-refractivity contribution in [2.24, 2.45) is 0 Å². The Hall–Kier alpha value is -2.09. The maximum atomic E-state index is 5.75. The SMILES string of the molecule is C#Cc1cc2nc(C)ccc2cc1OCCOC1COC1. The Morgan fingerprint density at radius 3 is 2.90 bits per heavy atom. The summed E-state index contributed by atoms with van der Waals surface area (Å²) in [5.74, 6) is 3.35. The summed E-state index contributed by atoms with van der Waals surface area (Å²) in [4.78, 5) is 4.47. The van der Waals surface area contributed by atoms with Crippen LogP contribution in [0.1, 0.15) is 11.3 Å². The van der Waals surface area contributed by atoms with E-state index < -0.39 is 0 Å². The quantitative estimate of drug-likeness (QED) is 0.624. The zero-order valence-corrected chi connectivity index (χ0v) is 12.0. The summed E-state index contributed by atoms with van der Waals surface area (Å²) in [5.41, 5.74) is 2.57. The van der Waals surface area contributed by atoms with Crippen LogP contribution < -0.4 is 4.74 Å². The van der Waals surface area contributed by atoms with Crippen molar-refractivity contribution < 1.29 is 14.2 Å². The molecule has 1 aliphatic heterocycles. The molecule has 1 fully saturated rings. The molecule has 0 radical (unpaired) electrons. The van der Waals surface area contributed by atoms with Crippen molar-refractivity contribution >= 4 is 10.9 Å². The van der Waals surface area contributed by atoms with E-state index in [1.807, 2.05) is 31.2 Å². The molecule has 21 heavy (non-hydrogen) atoms. The predicted octanol–water partition coefficient (Wildman–Crippen LogP) is 2.32. The van der Waals surface area contributed by atoms with Crippen LogP contribution in [0.5, 0.6) is 5.75 Å². The van der Waals surface area contributed by atoms with Gasteiger partial charge in [0.05, 0.1) is 30.9 Å². The summed E-state index contributed by atoms with van der Waals surface area (Å²) in [6.45, 7) is 4.31. The van der Waals surface area contributed by atoms with Crippen LogP contribution in [0.3, 0.4) is 0 Å². The lowest BCUT2D eigenvalue weighted by atomic mass is 10.1. The molecule has 1 aliphatic rings. The van der Waals surface area contributed by atoms with Gasteiger partial charge in [-0.2, -0.15) is 0 Å². The van der Waals surface area contributed by atoms with Gasteiger partial charge in [-0.25, -0.2) is 0 Å². The van der Waals surface area contributed by atoms with Crippen LogP contribution in [-0.4, -0.2) is 37.5 Å². The van der Waals surface area contributed by atoms with Crippen molar-refractivity contribution in [2.75, 3.05) is 26.4 Å². The summed E-state index contributed by atoms with van der Waals surface area (Å²) in [7, 11) is 0. The van der Waals surface area contributed by atoms with E-state index in [9.17, 15) is 0 Å². The number of aromatic nitrogens is 1. The summed E-state index contributed by atoms with van der Waals surface area (Å²) in [6, 6.07) is 7.82. The Balaban J connectivity index is 1.71. The first-order valence-corrected chi connectivity index (χ1v) is 6.96. The van der Waals surface area contributed by atoms with E-state index in [0.717, 1.165) is 16.6 Å². The van der Waals surface area contributed by atoms with Crippen LogP contribution in [0.2, 0.25) is 0 Å². The van der Waals surface area contributed by atoms with E-state index >= 15 is 0 Å². The zero-order valence-electron chi connectivity index (χ0n) is 12.0. The number of fused-ring (bicyclic) bond motifs is 1. The predicted molar refractivity (Wildman–Crippen MR) is 80.5 cm³/mol. The highest BCUT2D eigenvalue weighted by molar-refractivity contribution is 5.82. The molecule has 4 nitrogen and oxygen atoms in total. The third kappa shape index (κ3) is 3.15. The highest BCUT2D eigenvalue weighted by atomic mass is 16.6. The van der Waals surface area contributed by atoms with Crippen molar-refractivity contribution in [1.82, 2.24) is 4.98 Å². The van der Waals surface area contributed by atoms with Gasteiger partial charge in [0.1, 0.15) is 18.5 Å². The van der Waals surface area contributed by atoms with Gasteiger partial charge in [0.2, 0.25) is 0 Å². The van der Waals surface area contributed by atoms with Crippen molar-refractivity contribution in [3.05, 3.63) is 35.5 Å². The molecule has 2 heterocycles. The third-order valence-electron chi connectivity index (χ3n) is 3.39. The van der Waals surface area contributed by atoms with Gasteiger partial charge in [-0.05, 0) is 25.1 Å². The van der Waals surface area contributed by atoms with Crippen LogP contribution in [0.15, 0.2) is 24.3 Å². The number of nitrogens with zero attached hydrogens (tertiary/aromatic N) is 1. The molecule has 0 spiro atoms. The fourth-order valence-corrected chi connectivity index (χ4v) is 2.16. The minimum absolute atomic E-state index is 0.212. The van der Waals surface area contributed by atoms with E-state index in [2.05, 4.69) is 10.9 Å². The average Bonchev–Trinajstić information content (AvgIpc) is 2.44. The first-order chi connectivity index (χ1) is 10.3. The summed E-state index contributed by atoms with van der Waals surface area (Å²) in [5, 5.41) is 1.02. The van der Waals surface area contributed by atoms with Gasteiger partial charge < -0.3 is 14.2 Å². The van der Waals surface area contributed by atoms with Crippen LogP contribution in [-0.2, 0) is 9.47 Å². The Morgan fingerprint density at radius 1 is 1.33 bits per heavy atom. The van der Waals surface area contributed by atoms with Crippen LogP contribution in [0.4, 0.5) is 0 Å². The number of aryl methyl sites for hydroxylation is 1. The molecule has 0 bridgehead atoms. The highest BCUT2D eigenvalue weighted by Gasteiger charge is 2.18. The van der Waals surface area contributed by atoms with E-state index in [1.54, 1.807) is 0 Å². The Bertz CT molecular complexity index is 686. The van der Waals surface area contributed by atoms with Crippen LogP contribution in [0, 0.1) is 19.3 Å². The molecule has 0 saturated carbocycles. The van der Waals surface area contributed by atoms with Crippen molar-refractivity contribution in [1.29, 1.82) is 0 Å². The topological polar surface area (TPSA) is 40.6 Å². The second-order valence-corrected chi connectivity index (χ2v) is 5.02. The Morgan fingerprint density at radius 2 is 2.19 bits per heavy atom. The van der Waals surface area contributed by atoms with E-state index in [4.69, 9.17) is 20.6 Å². The number of hydrogen-bond donors (Lipinski definition) is 0. The number of rotatable bonds is 5. The maximum Gasteiger partial charge on any atom is 0.135 e. The Labute approximate surface area is 124 Å². The van der Waals surface area contributed by atoms with Gasteiger partial charge in [-0.1, -0.05) is 12.0 Å². The number of ether oxygens (including phenoxy) is 3. The average molecular weight is 283 g/mol. The molecule has 1 saturated heterocycles. The normalized spacial score (nSPS) is 14.7. The van der Waals surface area contributed by atoms with Crippen molar-refractivity contribution in [3.63, 3.8) is 0 Å². The molecule has 0 atom stereocenters. The first-order valence-electron chi connectivity index (χ1n) is 6.96. The summed E-state index contributed by atoms with van der Waals surface area (Å²) in [6.07, 6.45) is 5.77. The number of benzene rings is 1. The van der Waals surface area contributed by atoms with E-state index in [-0.39, 0.29) is 6.10 Å². The minimum atomic E-state index is 0.212. The van der Waals surface area contributed by atoms with Gasteiger partial charge in [-0.3, -0.25) is 4.98 Å². The van der Waals surface area contributed by atoms with Crippen molar-refractivity contribution in [3.8, 4) is 18.1 Å². The van der Waals surface area contributed by atoms with Gasteiger partial charge in [0.15, 0.2) is 0 Å². The highest BCUT2D eigenvalue weighted by Crippen LogP contribution is 2.25. The number of terminal acetylenes is 1. The van der Waals surface area contributed by atoms with Crippen molar-refractivity contribution in [2.45, 2.75) is 13.0 Å². The summed E-state index contributed by atoms with van der Waals surface area (Å²) < 4.78 is 16.4. The van der Waals surface area contributed by atoms with E-state index in [0.29, 0.717) is 37.7 Å². The Kier molecular flexibility index (Phi) is 4.05. The lowest BCUT2D eigenvalue weighted by molar-refractivity contribution is -0.132. The molecule has 0 N–H and O–H groups in total. The largest absolute Gasteiger partial charge is 0.490 e. The standard InChI is InChI=1S/C17H17NO3/c1-3-13-8-16-14(5-4-12(2)18-16)9-17(13)21-7-6-20-15-10-19-11-15/h1,4-5,8-9,15H,6-7,10-11H2,2H3. The molecule has 0 amide bonds. The molecule has 0 unspecified atom stereocenters. The first kappa shape index (κ1) is 13.9.